The average molecular weight is 536 g/mol. The Morgan fingerprint density at radius 1 is 1.08 bits per heavy atom. The second-order valence-corrected chi connectivity index (χ2v) is 10.3. The number of aliphatic imine (C=N–C) groups is 1. The standard InChI is InChI=1S/C29H33N3O5S/c1-5-37-28(35)22-10-12-31(13-11-22)26(33)18-38-29-30-25(17-21-6-8-24(36-4)9-7-21)27(34)32(29)23-15-19(2)14-20(3)16-23/h6-9,14-17,22H,5,10-13,18H2,1-4H3. The molecule has 0 atom stereocenters. The molecule has 2 aliphatic rings. The first-order chi connectivity index (χ1) is 18.3. The molecular formula is C29H33N3O5S. The molecule has 8 nitrogen and oxygen atoms in total. The molecule has 2 heterocycles. The van der Waals surface area contributed by atoms with Gasteiger partial charge in [0.1, 0.15) is 11.4 Å². The second-order valence-electron chi connectivity index (χ2n) is 9.38. The molecule has 0 aliphatic carbocycles. The lowest BCUT2D eigenvalue weighted by atomic mass is 9.97. The Kier molecular flexibility index (Phi) is 8.89. The zero-order valence-corrected chi connectivity index (χ0v) is 23.0. The van der Waals surface area contributed by atoms with Crippen LogP contribution in [0.25, 0.3) is 6.08 Å². The number of amidine groups is 1. The molecule has 4 rings (SSSR count). The Labute approximate surface area is 227 Å². The van der Waals surface area contributed by atoms with Crippen LogP contribution in [0.3, 0.4) is 0 Å². The number of esters is 1. The van der Waals surface area contributed by atoms with Crippen molar-refractivity contribution in [2.24, 2.45) is 10.9 Å². The summed E-state index contributed by atoms with van der Waals surface area (Å²) in [7, 11) is 1.60. The number of hydrogen-bond donors (Lipinski definition) is 0. The van der Waals surface area contributed by atoms with Crippen LogP contribution in [-0.2, 0) is 19.1 Å². The van der Waals surface area contributed by atoms with Crippen molar-refractivity contribution >= 4 is 46.5 Å². The number of anilines is 1. The third kappa shape index (κ3) is 6.45. The zero-order chi connectivity index (χ0) is 27.2. The molecular weight excluding hydrogens is 502 g/mol. The van der Waals surface area contributed by atoms with Crippen LogP contribution in [0.2, 0.25) is 0 Å². The average Bonchev–Trinajstić information content (AvgIpc) is 3.22. The largest absolute Gasteiger partial charge is 0.497 e. The maximum Gasteiger partial charge on any atom is 0.309 e. The van der Waals surface area contributed by atoms with Crippen LogP contribution in [0, 0.1) is 19.8 Å². The first-order valence-corrected chi connectivity index (χ1v) is 13.7. The maximum absolute atomic E-state index is 13.5. The molecule has 0 bridgehead atoms. The number of aryl methyl sites for hydroxylation is 2. The summed E-state index contributed by atoms with van der Waals surface area (Å²) in [6.45, 7) is 7.15. The van der Waals surface area contributed by atoms with Crippen molar-refractivity contribution < 1.29 is 23.9 Å². The minimum atomic E-state index is -0.240. The summed E-state index contributed by atoms with van der Waals surface area (Å²) in [5.74, 6) is 0.248. The molecule has 2 aromatic carbocycles. The summed E-state index contributed by atoms with van der Waals surface area (Å²) >= 11 is 1.25. The van der Waals surface area contributed by atoms with Crippen molar-refractivity contribution in [3.8, 4) is 5.75 Å². The lowest BCUT2D eigenvalue weighted by Crippen LogP contribution is -2.42. The van der Waals surface area contributed by atoms with Gasteiger partial charge in [-0.3, -0.25) is 19.3 Å². The van der Waals surface area contributed by atoms with Crippen molar-refractivity contribution in [3.05, 3.63) is 64.9 Å². The van der Waals surface area contributed by atoms with Crippen molar-refractivity contribution in [2.45, 2.75) is 33.6 Å². The van der Waals surface area contributed by atoms with E-state index in [1.165, 1.54) is 11.8 Å². The predicted molar refractivity (Wildman–Crippen MR) is 150 cm³/mol. The van der Waals surface area contributed by atoms with E-state index < -0.39 is 0 Å². The first-order valence-electron chi connectivity index (χ1n) is 12.7. The van der Waals surface area contributed by atoms with E-state index in [9.17, 15) is 14.4 Å². The number of likely N-dealkylation sites (tertiary alicyclic amines) is 1. The fourth-order valence-corrected chi connectivity index (χ4v) is 5.52. The number of piperidine rings is 1. The number of thioether (sulfide) groups is 1. The van der Waals surface area contributed by atoms with Gasteiger partial charge in [-0.05, 0) is 80.6 Å². The van der Waals surface area contributed by atoms with Crippen molar-refractivity contribution in [1.29, 1.82) is 0 Å². The smallest absolute Gasteiger partial charge is 0.309 e. The van der Waals surface area contributed by atoms with E-state index in [0.717, 1.165) is 28.1 Å². The van der Waals surface area contributed by atoms with Crippen LogP contribution in [0.15, 0.2) is 53.2 Å². The van der Waals surface area contributed by atoms with Gasteiger partial charge in [0.05, 0.1) is 31.1 Å². The number of carbonyl (C=O) groups excluding carboxylic acids is 3. The molecule has 2 aromatic rings. The minimum absolute atomic E-state index is 0.0413. The number of amides is 2. The third-order valence-electron chi connectivity index (χ3n) is 6.51. The second kappa shape index (κ2) is 12.3. The fourth-order valence-electron chi connectivity index (χ4n) is 4.60. The van der Waals surface area contributed by atoms with Gasteiger partial charge in [0.2, 0.25) is 5.91 Å². The van der Waals surface area contributed by atoms with Crippen LogP contribution in [-0.4, -0.2) is 60.4 Å². The Balaban J connectivity index is 1.51. The number of nitrogens with zero attached hydrogens (tertiary/aromatic N) is 3. The molecule has 0 spiro atoms. The summed E-state index contributed by atoms with van der Waals surface area (Å²) in [4.78, 5) is 46.6. The number of carbonyl (C=O) groups is 3. The van der Waals surface area contributed by atoms with Gasteiger partial charge < -0.3 is 14.4 Å². The van der Waals surface area contributed by atoms with E-state index in [-0.39, 0.29) is 29.5 Å². The molecule has 200 valence electrons. The Hall–Kier alpha value is -3.59. The maximum atomic E-state index is 13.5. The summed E-state index contributed by atoms with van der Waals surface area (Å²) in [5, 5.41) is 0.467. The molecule has 2 aliphatic heterocycles. The summed E-state index contributed by atoms with van der Waals surface area (Å²) in [6, 6.07) is 13.3. The number of rotatable bonds is 7. The quantitative estimate of drug-likeness (QED) is 0.381. The van der Waals surface area contributed by atoms with Crippen molar-refractivity contribution in [2.75, 3.05) is 37.5 Å². The van der Waals surface area contributed by atoms with E-state index in [0.29, 0.717) is 43.4 Å². The van der Waals surface area contributed by atoms with Gasteiger partial charge in [-0.15, -0.1) is 0 Å². The van der Waals surface area contributed by atoms with Crippen LogP contribution < -0.4 is 9.64 Å². The Bertz CT molecular complexity index is 1240. The summed E-state index contributed by atoms with van der Waals surface area (Å²) < 4.78 is 10.3. The van der Waals surface area contributed by atoms with Crippen molar-refractivity contribution in [1.82, 2.24) is 4.90 Å². The fraction of sp³-hybridized carbons (Fsp3) is 0.379. The molecule has 0 N–H and O–H groups in total. The third-order valence-corrected chi connectivity index (χ3v) is 7.43. The molecule has 2 amide bonds. The Morgan fingerprint density at radius 3 is 2.34 bits per heavy atom. The predicted octanol–water partition coefficient (Wildman–Crippen LogP) is 4.59. The molecule has 38 heavy (non-hydrogen) atoms. The van der Waals surface area contributed by atoms with Crippen molar-refractivity contribution in [3.63, 3.8) is 0 Å². The normalized spacial score (nSPS) is 17.1. The van der Waals surface area contributed by atoms with E-state index >= 15 is 0 Å². The van der Waals surface area contributed by atoms with Gasteiger partial charge in [-0.25, -0.2) is 4.99 Å². The van der Waals surface area contributed by atoms with Crippen LogP contribution in [0.1, 0.15) is 36.5 Å². The van der Waals surface area contributed by atoms with Gasteiger partial charge in [-0.2, -0.15) is 0 Å². The number of ether oxygens (including phenoxy) is 2. The minimum Gasteiger partial charge on any atom is -0.497 e. The van der Waals surface area contributed by atoms with Gasteiger partial charge in [-0.1, -0.05) is 30.0 Å². The van der Waals surface area contributed by atoms with Crippen LogP contribution >= 0.6 is 11.8 Å². The highest BCUT2D eigenvalue weighted by atomic mass is 32.2. The SMILES string of the molecule is CCOC(=O)C1CCN(C(=O)CSC2=NC(=Cc3ccc(OC)cc3)C(=O)N2c2cc(C)cc(C)c2)CC1. The summed E-state index contributed by atoms with van der Waals surface area (Å²) in [5.41, 5.74) is 3.92. The Morgan fingerprint density at radius 2 is 1.74 bits per heavy atom. The molecule has 9 heteroatoms. The van der Waals surface area contributed by atoms with E-state index in [1.807, 2.05) is 56.3 Å². The highest BCUT2D eigenvalue weighted by Gasteiger charge is 2.34. The highest BCUT2D eigenvalue weighted by molar-refractivity contribution is 8.14. The van der Waals surface area contributed by atoms with E-state index in [2.05, 4.69) is 4.99 Å². The van der Waals surface area contributed by atoms with E-state index in [1.54, 1.807) is 29.9 Å². The molecule has 0 unspecified atom stereocenters. The lowest BCUT2D eigenvalue weighted by molar-refractivity contribution is -0.151. The molecule has 0 saturated carbocycles. The molecule has 1 fully saturated rings. The van der Waals surface area contributed by atoms with Crippen LogP contribution in [0.5, 0.6) is 5.75 Å². The number of benzene rings is 2. The van der Waals surface area contributed by atoms with Gasteiger partial charge in [0.15, 0.2) is 5.17 Å². The summed E-state index contributed by atoms with van der Waals surface area (Å²) in [6.07, 6.45) is 2.93. The first kappa shape index (κ1) is 27.4. The van der Waals surface area contributed by atoms with Crippen LogP contribution in [0.4, 0.5) is 5.69 Å². The molecule has 0 aromatic heterocycles. The topological polar surface area (TPSA) is 88.5 Å². The van der Waals surface area contributed by atoms with Gasteiger partial charge in [0, 0.05) is 13.1 Å². The van der Waals surface area contributed by atoms with Gasteiger partial charge >= 0.3 is 5.97 Å². The highest BCUT2D eigenvalue weighted by Crippen LogP contribution is 2.31. The number of hydrogen-bond acceptors (Lipinski definition) is 7. The molecule has 1 saturated heterocycles. The monoisotopic (exact) mass is 535 g/mol. The van der Waals surface area contributed by atoms with E-state index in [4.69, 9.17) is 9.47 Å². The van der Waals surface area contributed by atoms with Gasteiger partial charge in [0.25, 0.3) is 5.91 Å². The number of methoxy groups -OCH3 is 1. The lowest BCUT2D eigenvalue weighted by Gasteiger charge is -2.31. The molecule has 0 radical (unpaired) electrons. The zero-order valence-electron chi connectivity index (χ0n) is 22.2.